The molecule has 5 nitrogen and oxygen atoms in total. The second kappa shape index (κ2) is 5.88. The van der Waals surface area contributed by atoms with Crippen LogP contribution in [0.3, 0.4) is 0 Å². The zero-order valence-corrected chi connectivity index (χ0v) is 11.1. The highest BCUT2D eigenvalue weighted by Crippen LogP contribution is 2.27. The molecule has 0 aliphatic carbocycles. The van der Waals surface area contributed by atoms with Crippen molar-refractivity contribution in [3.8, 4) is 11.1 Å². The summed E-state index contributed by atoms with van der Waals surface area (Å²) in [7, 11) is 0. The van der Waals surface area contributed by atoms with Gasteiger partial charge >= 0.3 is 0 Å². The van der Waals surface area contributed by atoms with E-state index in [2.05, 4.69) is 15.8 Å². The van der Waals surface area contributed by atoms with Crippen LogP contribution >= 0.6 is 0 Å². The van der Waals surface area contributed by atoms with Crippen LogP contribution in [0.4, 0.5) is 5.88 Å². The molecule has 2 heterocycles. The van der Waals surface area contributed by atoms with Crippen molar-refractivity contribution in [1.82, 2.24) is 10.5 Å². The Labute approximate surface area is 117 Å². The van der Waals surface area contributed by atoms with Gasteiger partial charge in [0, 0.05) is 0 Å². The molecule has 0 bridgehead atoms. The summed E-state index contributed by atoms with van der Waals surface area (Å²) in [5, 5.41) is 9.83. The van der Waals surface area contributed by atoms with Crippen molar-refractivity contribution in [2.75, 3.05) is 11.9 Å². The van der Waals surface area contributed by atoms with Crippen molar-refractivity contribution in [3.63, 3.8) is 0 Å². The van der Waals surface area contributed by atoms with Gasteiger partial charge in [0.1, 0.15) is 0 Å². The van der Waals surface area contributed by atoms with Gasteiger partial charge in [-0.2, -0.15) is 0 Å². The lowest BCUT2D eigenvalue weighted by Crippen LogP contribution is -2.43. The Hall–Kier alpha value is -2.14. The maximum Gasteiger partial charge on any atom is 0.243 e. The smallest absolute Gasteiger partial charge is 0.243 e. The van der Waals surface area contributed by atoms with Crippen LogP contribution in [0.15, 0.2) is 41.1 Å². The van der Waals surface area contributed by atoms with Crippen LogP contribution in [0.5, 0.6) is 0 Å². The van der Waals surface area contributed by atoms with Crippen molar-refractivity contribution in [2.45, 2.75) is 25.3 Å². The topological polar surface area (TPSA) is 67.2 Å². The maximum atomic E-state index is 12.2. The highest BCUT2D eigenvalue weighted by atomic mass is 16.5. The minimum atomic E-state index is -0.141. The van der Waals surface area contributed by atoms with Crippen molar-refractivity contribution >= 4 is 11.8 Å². The first-order chi connectivity index (χ1) is 9.84. The first kappa shape index (κ1) is 12.9. The maximum absolute atomic E-state index is 12.2. The van der Waals surface area contributed by atoms with Gasteiger partial charge < -0.3 is 9.84 Å². The summed E-state index contributed by atoms with van der Waals surface area (Å²) in [4.78, 5) is 12.2. The summed E-state index contributed by atoms with van der Waals surface area (Å²) >= 11 is 0. The molecule has 3 rings (SSSR count). The van der Waals surface area contributed by atoms with Gasteiger partial charge in [-0.1, -0.05) is 41.9 Å². The number of hydrogen-bond acceptors (Lipinski definition) is 4. The number of benzene rings is 1. The number of piperidine rings is 1. The van der Waals surface area contributed by atoms with Crippen molar-refractivity contribution < 1.29 is 9.32 Å². The molecule has 0 spiro atoms. The number of anilines is 1. The van der Waals surface area contributed by atoms with Gasteiger partial charge in [0.2, 0.25) is 11.8 Å². The highest BCUT2D eigenvalue weighted by molar-refractivity contribution is 5.96. The predicted octanol–water partition coefficient (Wildman–Crippen LogP) is 2.42. The van der Waals surface area contributed by atoms with E-state index in [0.717, 1.165) is 36.9 Å². The monoisotopic (exact) mass is 271 g/mol. The lowest BCUT2D eigenvalue weighted by molar-refractivity contribution is -0.118. The Bertz CT molecular complexity index is 574. The molecule has 1 saturated heterocycles. The van der Waals surface area contributed by atoms with E-state index in [-0.39, 0.29) is 11.9 Å². The van der Waals surface area contributed by atoms with Gasteiger partial charge in [-0.15, -0.1) is 0 Å². The van der Waals surface area contributed by atoms with E-state index in [1.54, 1.807) is 6.20 Å². The number of rotatable bonds is 3. The molecule has 1 aliphatic heterocycles. The first-order valence-corrected chi connectivity index (χ1v) is 6.89. The van der Waals surface area contributed by atoms with Crippen LogP contribution in [0.25, 0.3) is 11.1 Å². The molecule has 1 atom stereocenters. The number of amides is 1. The summed E-state index contributed by atoms with van der Waals surface area (Å²) in [6.45, 7) is 0.889. The standard InChI is InChI=1S/C15H17N3O2/c19-14(13-8-4-5-9-16-13)18-15-12(10-17-20-15)11-6-2-1-3-7-11/h1-3,6-7,10,13,16H,4-5,8-9H2,(H,18,19). The number of carbonyl (C=O) groups excluding carboxylic acids is 1. The molecule has 1 fully saturated rings. The molecule has 1 aromatic carbocycles. The Balaban J connectivity index is 1.75. The summed E-state index contributed by atoms with van der Waals surface area (Å²) < 4.78 is 5.17. The normalized spacial score (nSPS) is 18.7. The third-order valence-corrected chi connectivity index (χ3v) is 3.52. The highest BCUT2D eigenvalue weighted by Gasteiger charge is 2.22. The fraction of sp³-hybridized carbons (Fsp3) is 0.333. The van der Waals surface area contributed by atoms with Crippen LogP contribution in [0, 0.1) is 0 Å². The Morgan fingerprint density at radius 3 is 2.90 bits per heavy atom. The minimum Gasteiger partial charge on any atom is -0.338 e. The molecular weight excluding hydrogens is 254 g/mol. The van der Waals surface area contributed by atoms with Crippen LogP contribution < -0.4 is 10.6 Å². The van der Waals surface area contributed by atoms with Gasteiger partial charge in [-0.05, 0) is 24.9 Å². The zero-order valence-electron chi connectivity index (χ0n) is 11.1. The summed E-state index contributed by atoms with van der Waals surface area (Å²) in [6, 6.07) is 9.61. The molecule has 1 unspecified atom stereocenters. The average Bonchev–Trinajstić information content (AvgIpc) is 2.97. The van der Waals surface area contributed by atoms with E-state index >= 15 is 0 Å². The predicted molar refractivity (Wildman–Crippen MR) is 76.2 cm³/mol. The number of aromatic nitrogens is 1. The molecule has 1 amide bonds. The minimum absolute atomic E-state index is 0.0568. The summed E-state index contributed by atoms with van der Waals surface area (Å²) in [5.74, 6) is 0.354. The fourth-order valence-corrected chi connectivity index (χ4v) is 2.43. The molecule has 2 N–H and O–H groups in total. The SMILES string of the molecule is O=C(Nc1oncc1-c1ccccc1)C1CCCCN1. The number of hydrogen-bond donors (Lipinski definition) is 2. The summed E-state index contributed by atoms with van der Waals surface area (Å²) in [6.07, 6.45) is 4.69. The van der Waals surface area contributed by atoms with Crippen molar-refractivity contribution in [2.24, 2.45) is 0 Å². The number of carbonyl (C=O) groups is 1. The van der Waals surface area contributed by atoms with Gasteiger partial charge in [-0.25, -0.2) is 0 Å². The molecular formula is C15H17N3O2. The van der Waals surface area contributed by atoms with E-state index in [1.807, 2.05) is 30.3 Å². The molecule has 20 heavy (non-hydrogen) atoms. The van der Waals surface area contributed by atoms with E-state index in [9.17, 15) is 4.79 Å². The second-order valence-corrected chi connectivity index (χ2v) is 4.93. The number of nitrogens with zero attached hydrogens (tertiary/aromatic N) is 1. The lowest BCUT2D eigenvalue weighted by atomic mass is 10.0. The first-order valence-electron chi connectivity index (χ1n) is 6.89. The van der Waals surface area contributed by atoms with Gasteiger partial charge in [0.25, 0.3) is 0 Å². The molecule has 5 heteroatoms. The van der Waals surface area contributed by atoms with Crippen LogP contribution in [-0.2, 0) is 4.79 Å². The third-order valence-electron chi connectivity index (χ3n) is 3.52. The Morgan fingerprint density at radius 1 is 1.30 bits per heavy atom. The zero-order chi connectivity index (χ0) is 13.8. The van der Waals surface area contributed by atoms with Crippen LogP contribution in [-0.4, -0.2) is 23.7 Å². The van der Waals surface area contributed by atoms with Gasteiger partial charge in [-0.3, -0.25) is 10.1 Å². The van der Waals surface area contributed by atoms with E-state index in [1.165, 1.54) is 0 Å². The van der Waals surface area contributed by atoms with Gasteiger partial charge in [0.15, 0.2) is 0 Å². The Kier molecular flexibility index (Phi) is 3.78. The molecule has 0 radical (unpaired) electrons. The molecule has 104 valence electrons. The van der Waals surface area contributed by atoms with Crippen LogP contribution in [0.1, 0.15) is 19.3 Å². The number of nitrogens with one attached hydrogen (secondary N) is 2. The second-order valence-electron chi connectivity index (χ2n) is 4.93. The van der Waals surface area contributed by atoms with Crippen LogP contribution in [0.2, 0.25) is 0 Å². The average molecular weight is 271 g/mol. The summed E-state index contributed by atoms with van der Waals surface area (Å²) in [5.41, 5.74) is 1.77. The van der Waals surface area contributed by atoms with E-state index in [4.69, 9.17) is 4.52 Å². The molecule has 0 saturated carbocycles. The van der Waals surface area contributed by atoms with Crippen molar-refractivity contribution in [1.29, 1.82) is 0 Å². The molecule has 2 aromatic rings. The quantitative estimate of drug-likeness (QED) is 0.899. The fourth-order valence-electron chi connectivity index (χ4n) is 2.43. The third kappa shape index (κ3) is 2.72. The lowest BCUT2D eigenvalue weighted by Gasteiger charge is -2.21. The largest absolute Gasteiger partial charge is 0.338 e. The van der Waals surface area contributed by atoms with E-state index in [0.29, 0.717) is 5.88 Å². The molecule has 1 aromatic heterocycles. The van der Waals surface area contributed by atoms with E-state index < -0.39 is 0 Å². The molecule has 1 aliphatic rings. The van der Waals surface area contributed by atoms with Crippen molar-refractivity contribution in [3.05, 3.63) is 36.5 Å². The van der Waals surface area contributed by atoms with Gasteiger partial charge in [0.05, 0.1) is 17.8 Å². The Morgan fingerprint density at radius 2 is 2.15 bits per heavy atom.